The lowest BCUT2D eigenvalue weighted by atomic mass is 10.1. The maximum absolute atomic E-state index is 10.9. The smallest absolute Gasteiger partial charge is 0.245 e. The van der Waals surface area contributed by atoms with Gasteiger partial charge in [-0.2, -0.15) is 0 Å². The SMILES string of the molecule is CNC(=O)COCC#Cc1cc(Cl)c(N)c2c1OCO2.Nc1c(Cl)cc(I)c2c1OCO2. The summed E-state index contributed by atoms with van der Waals surface area (Å²) in [5, 5.41) is 3.30. The number of hydrogen-bond donors (Lipinski definition) is 3. The number of fused-ring (bicyclic) bond motifs is 2. The molecule has 12 heteroatoms. The standard InChI is InChI=1S/C13H13ClN2O4.C7H5ClINO2/c1-16-10(17)6-18-4-2-3-8-5-9(14)11(15)13-12(8)19-7-20-13;8-3-1-4(9)6-7(5(3)10)12-2-11-6/h5H,4,6-7,15H2,1H3,(H,16,17);1H,2,10H2. The maximum atomic E-state index is 10.9. The van der Waals surface area contributed by atoms with Gasteiger partial charge in [0.1, 0.15) is 13.2 Å². The summed E-state index contributed by atoms with van der Waals surface area (Å²) < 4.78 is 26.9. The van der Waals surface area contributed by atoms with Crippen molar-refractivity contribution in [3.8, 4) is 34.8 Å². The molecule has 2 heterocycles. The molecule has 0 aromatic heterocycles. The number of likely N-dealkylation sites (N-methyl/N-ethyl adjacent to an activating group) is 1. The van der Waals surface area contributed by atoms with Crippen LogP contribution >= 0.6 is 45.8 Å². The third-order valence-corrected chi connectivity index (χ3v) is 5.55. The van der Waals surface area contributed by atoms with Crippen molar-refractivity contribution in [2.45, 2.75) is 0 Å². The zero-order valence-electron chi connectivity index (χ0n) is 16.7. The Morgan fingerprint density at radius 2 is 1.62 bits per heavy atom. The minimum atomic E-state index is -0.208. The van der Waals surface area contributed by atoms with Gasteiger partial charge in [0.25, 0.3) is 0 Å². The molecule has 2 aromatic rings. The van der Waals surface area contributed by atoms with E-state index in [-0.39, 0.29) is 32.7 Å². The number of nitrogens with two attached hydrogens (primary N) is 2. The highest BCUT2D eigenvalue weighted by molar-refractivity contribution is 14.1. The van der Waals surface area contributed by atoms with Crippen LogP contribution in [-0.2, 0) is 9.53 Å². The fraction of sp³-hybridized carbons (Fsp3) is 0.250. The second-order valence-electron chi connectivity index (χ2n) is 6.17. The normalized spacial score (nSPS) is 12.4. The van der Waals surface area contributed by atoms with Crippen LogP contribution in [0.15, 0.2) is 12.1 Å². The fourth-order valence-corrected chi connectivity index (χ4v) is 3.85. The predicted octanol–water partition coefficient (Wildman–Crippen LogP) is 3.02. The molecule has 0 aliphatic carbocycles. The van der Waals surface area contributed by atoms with Gasteiger partial charge in [-0.25, -0.2) is 0 Å². The Bertz CT molecular complexity index is 1100. The molecular formula is C20H18Cl2IN3O6. The molecule has 2 aliphatic rings. The van der Waals surface area contributed by atoms with Crippen LogP contribution in [0.4, 0.5) is 11.4 Å². The molecule has 2 aromatic carbocycles. The molecule has 0 atom stereocenters. The van der Waals surface area contributed by atoms with Crippen LogP contribution in [0, 0.1) is 15.4 Å². The number of benzene rings is 2. The maximum Gasteiger partial charge on any atom is 0.245 e. The molecule has 0 unspecified atom stereocenters. The Morgan fingerprint density at radius 3 is 2.28 bits per heavy atom. The average Bonchev–Trinajstić information content (AvgIpc) is 3.46. The summed E-state index contributed by atoms with van der Waals surface area (Å²) in [5.74, 6) is 7.56. The molecule has 170 valence electrons. The van der Waals surface area contributed by atoms with Crippen molar-refractivity contribution < 1.29 is 28.5 Å². The van der Waals surface area contributed by atoms with Crippen LogP contribution in [-0.4, -0.2) is 39.8 Å². The first-order valence-corrected chi connectivity index (χ1v) is 10.8. The second kappa shape index (κ2) is 10.9. The summed E-state index contributed by atoms with van der Waals surface area (Å²) in [7, 11) is 1.54. The van der Waals surface area contributed by atoms with Crippen molar-refractivity contribution in [1.29, 1.82) is 0 Å². The Hall–Kier alpha value is -2.46. The molecule has 5 N–H and O–H groups in total. The first-order valence-electron chi connectivity index (χ1n) is 9.01. The summed E-state index contributed by atoms with van der Waals surface area (Å²) >= 11 is 13.9. The monoisotopic (exact) mass is 593 g/mol. The fourth-order valence-electron chi connectivity index (χ4n) is 2.57. The quantitative estimate of drug-likeness (QED) is 0.214. The molecule has 2 aliphatic heterocycles. The van der Waals surface area contributed by atoms with E-state index in [1.54, 1.807) is 12.1 Å². The van der Waals surface area contributed by atoms with Gasteiger partial charge in [0.2, 0.25) is 19.5 Å². The third-order valence-electron chi connectivity index (χ3n) is 4.12. The van der Waals surface area contributed by atoms with Crippen molar-refractivity contribution >= 4 is 63.1 Å². The van der Waals surface area contributed by atoms with Crippen molar-refractivity contribution in [2.24, 2.45) is 0 Å². The molecule has 0 fully saturated rings. The van der Waals surface area contributed by atoms with Gasteiger partial charge < -0.3 is 40.5 Å². The minimum Gasteiger partial charge on any atom is -0.452 e. The molecular weight excluding hydrogens is 576 g/mol. The number of halogens is 3. The van der Waals surface area contributed by atoms with Gasteiger partial charge in [0.05, 0.1) is 30.6 Å². The molecule has 0 radical (unpaired) electrons. The summed E-state index contributed by atoms with van der Waals surface area (Å²) in [5.41, 5.74) is 12.8. The molecule has 0 saturated carbocycles. The van der Waals surface area contributed by atoms with E-state index in [1.165, 1.54) is 7.05 Å². The average molecular weight is 594 g/mol. The molecule has 9 nitrogen and oxygen atoms in total. The number of rotatable bonds is 3. The highest BCUT2D eigenvalue weighted by atomic mass is 127. The predicted molar refractivity (Wildman–Crippen MR) is 128 cm³/mol. The summed E-state index contributed by atoms with van der Waals surface area (Å²) in [6.07, 6.45) is 0. The number of carbonyl (C=O) groups is 1. The second-order valence-corrected chi connectivity index (χ2v) is 8.15. The first kappa shape index (κ1) is 24.2. The van der Waals surface area contributed by atoms with Gasteiger partial charge in [-0.3, -0.25) is 4.79 Å². The summed E-state index contributed by atoms with van der Waals surface area (Å²) in [6, 6.07) is 3.36. The van der Waals surface area contributed by atoms with E-state index in [4.69, 9.17) is 58.4 Å². The van der Waals surface area contributed by atoms with E-state index in [0.717, 1.165) is 3.57 Å². The van der Waals surface area contributed by atoms with Crippen LogP contribution in [0.25, 0.3) is 0 Å². The third kappa shape index (κ3) is 5.47. The first-order chi connectivity index (χ1) is 15.3. The minimum absolute atomic E-state index is 0.0363. The molecule has 4 rings (SSSR count). The number of nitrogen functional groups attached to an aromatic ring is 2. The van der Waals surface area contributed by atoms with E-state index >= 15 is 0 Å². The number of ether oxygens (including phenoxy) is 5. The lowest BCUT2D eigenvalue weighted by Crippen LogP contribution is -2.23. The number of nitrogens with one attached hydrogen (secondary N) is 1. The summed E-state index contributed by atoms with van der Waals surface area (Å²) in [4.78, 5) is 10.9. The Labute approximate surface area is 207 Å². The highest BCUT2D eigenvalue weighted by Gasteiger charge is 2.23. The number of hydrogen-bond acceptors (Lipinski definition) is 8. The lowest BCUT2D eigenvalue weighted by molar-refractivity contribution is -0.124. The van der Waals surface area contributed by atoms with Crippen LogP contribution in [0.2, 0.25) is 10.0 Å². The van der Waals surface area contributed by atoms with Crippen LogP contribution in [0.3, 0.4) is 0 Å². The van der Waals surface area contributed by atoms with E-state index in [1.807, 2.05) is 0 Å². The van der Waals surface area contributed by atoms with Crippen molar-refractivity contribution in [1.82, 2.24) is 5.32 Å². The Morgan fingerprint density at radius 1 is 1.06 bits per heavy atom. The van der Waals surface area contributed by atoms with E-state index < -0.39 is 0 Å². The summed E-state index contributed by atoms with van der Waals surface area (Å²) in [6.45, 7) is 0.383. The topological polar surface area (TPSA) is 127 Å². The van der Waals surface area contributed by atoms with E-state index in [0.29, 0.717) is 50.0 Å². The number of carbonyl (C=O) groups excluding carboxylic acids is 1. The highest BCUT2D eigenvalue weighted by Crippen LogP contribution is 2.45. The molecule has 0 bridgehead atoms. The van der Waals surface area contributed by atoms with Gasteiger partial charge in [-0.1, -0.05) is 35.0 Å². The van der Waals surface area contributed by atoms with Crippen molar-refractivity contribution in [3.63, 3.8) is 0 Å². The van der Waals surface area contributed by atoms with Crippen molar-refractivity contribution in [3.05, 3.63) is 31.3 Å². The van der Waals surface area contributed by atoms with Gasteiger partial charge in [-0.05, 0) is 34.7 Å². The van der Waals surface area contributed by atoms with E-state index in [9.17, 15) is 4.79 Å². The van der Waals surface area contributed by atoms with Crippen LogP contribution in [0.5, 0.6) is 23.0 Å². The van der Waals surface area contributed by atoms with Gasteiger partial charge in [-0.15, -0.1) is 0 Å². The zero-order valence-corrected chi connectivity index (χ0v) is 20.4. The molecule has 0 saturated heterocycles. The lowest BCUT2D eigenvalue weighted by Gasteiger charge is -2.04. The number of anilines is 2. The van der Waals surface area contributed by atoms with Crippen LogP contribution in [0.1, 0.15) is 5.56 Å². The zero-order chi connectivity index (χ0) is 23.3. The Kier molecular flexibility index (Phi) is 8.25. The van der Waals surface area contributed by atoms with Crippen molar-refractivity contribution in [2.75, 3.05) is 45.3 Å². The largest absolute Gasteiger partial charge is 0.452 e. The van der Waals surface area contributed by atoms with E-state index in [2.05, 4.69) is 39.7 Å². The Balaban J connectivity index is 0.000000204. The van der Waals surface area contributed by atoms with Gasteiger partial charge in [0.15, 0.2) is 23.0 Å². The molecule has 1 amide bonds. The molecule has 32 heavy (non-hydrogen) atoms. The van der Waals surface area contributed by atoms with Crippen LogP contribution < -0.4 is 35.7 Å². The van der Waals surface area contributed by atoms with Gasteiger partial charge in [0, 0.05) is 7.05 Å². The molecule has 0 spiro atoms. The van der Waals surface area contributed by atoms with Gasteiger partial charge >= 0.3 is 0 Å². The number of amides is 1.